The maximum atomic E-state index is 13.2. The molecule has 1 N–H and O–H groups in total. The van der Waals surface area contributed by atoms with Crippen LogP contribution in [0.15, 0.2) is 65.9 Å². The number of ether oxygens (including phenoxy) is 2. The molecule has 2 aliphatic heterocycles. The molecule has 4 rings (SSSR count). The molecule has 0 saturated carbocycles. The molecule has 2 amide bonds. The van der Waals surface area contributed by atoms with Crippen molar-refractivity contribution in [3.8, 4) is 17.6 Å². The van der Waals surface area contributed by atoms with Crippen molar-refractivity contribution in [1.29, 1.82) is 0 Å². The summed E-state index contributed by atoms with van der Waals surface area (Å²) in [6.45, 7) is 2.06. The molecule has 0 bridgehead atoms. The predicted octanol–water partition coefficient (Wildman–Crippen LogP) is 3.85. The molecule has 0 unspecified atom stereocenters. The number of hydrogen-bond donors (Lipinski definition) is 1. The number of thiocarbonyl (C=S) groups is 1. The first kappa shape index (κ1) is 24.8. The van der Waals surface area contributed by atoms with Crippen molar-refractivity contribution in [3.63, 3.8) is 0 Å². The van der Waals surface area contributed by atoms with Crippen molar-refractivity contribution in [3.05, 3.63) is 77.0 Å². The van der Waals surface area contributed by atoms with Gasteiger partial charge in [0.05, 0.1) is 19.2 Å². The number of fused-ring (bicyclic) bond motifs is 1. The smallest absolute Gasteiger partial charge is 0.253 e. The molecule has 0 aliphatic carbocycles. The molecule has 35 heavy (non-hydrogen) atoms. The van der Waals surface area contributed by atoms with Crippen LogP contribution in [0.2, 0.25) is 0 Å². The number of hydrogen-bond acceptors (Lipinski definition) is 6. The number of thioether (sulfide) groups is 1. The van der Waals surface area contributed by atoms with E-state index in [2.05, 4.69) is 17.2 Å². The summed E-state index contributed by atoms with van der Waals surface area (Å²) in [6.07, 6.45) is 0.734. The Kier molecular flexibility index (Phi) is 8.11. The van der Waals surface area contributed by atoms with Crippen molar-refractivity contribution in [2.24, 2.45) is 0 Å². The Balaban J connectivity index is 1.45. The van der Waals surface area contributed by atoms with Gasteiger partial charge in [-0.25, -0.2) is 0 Å². The van der Waals surface area contributed by atoms with Gasteiger partial charge in [0.2, 0.25) is 11.0 Å². The van der Waals surface area contributed by atoms with E-state index in [0.29, 0.717) is 17.9 Å². The number of rotatable bonds is 8. The summed E-state index contributed by atoms with van der Waals surface area (Å²) in [6, 6.07) is 16.4. The zero-order valence-electron chi connectivity index (χ0n) is 19.6. The maximum absolute atomic E-state index is 13.2. The lowest BCUT2D eigenvalue weighted by molar-refractivity contribution is -0.145. The number of carbonyl (C=O) groups is 2. The third kappa shape index (κ3) is 5.69. The van der Waals surface area contributed by atoms with Crippen LogP contribution in [0.5, 0.6) is 5.75 Å². The van der Waals surface area contributed by atoms with Crippen LogP contribution in [0.25, 0.3) is 0 Å². The van der Waals surface area contributed by atoms with Gasteiger partial charge in [0.1, 0.15) is 23.8 Å². The first-order valence-corrected chi connectivity index (χ1v) is 12.7. The van der Waals surface area contributed by atoms with Crippen LogP contribution < -0.4 is 10.1 Å². The van der Waals surface area contributed by atoms with Crippen molar-refractivity contribution in [2.45, 2.75) is 37.8 Å². The van der Waals surface area contributed by atoms with Gasteiger partial charge in [0.25, 0.3) is 5.91 Å². The molecule has 6 nitrogen and oxygen atoms in total. The Morgan fingerprint density at radius 3 is 2.60 bits per heavy atom. The predicted molar refractivity (Wildman–Crippen MR) is 141 cm³/mol. The van der Waals surface area contributed by atoms with E-state index in [1.54, 1.807) is 30.7 Å². The summed E-state index contributed by atoms with van der Waals surface area (Å²) in [5.74, 6) is 7.04. The lowest BCUT2D eigenvalue weighted by Gasteiger charge is -2.50. The fourth-order valence-corrected chi connectivity index (χ4v) is 5.59. The molecule has 2 aromatic rings. The Morgan fingerprint density at radius 2 is 1.91 bits per heavy atom. The summed E-state index contributed by atoms with van der Waals surface area (Å²) in [7, 11) is 1.62. The van der Waals surface area contributed by atoms with E-state index in [-0.39, 0.29) is 35.3 Å². The molecule has 2 atom stereocenters. The molecule has 2 aliphatic rings. The van der Waals surface area contributed by atoms with E-state index in [4.69, 9.17) is 21.7 Å². The molecule has 0 spiro atoms. The number of nitrogens with one attached hydrogen (secondary N) is 1. The van der Waals surface area contributed by atoms with Crippen molar-refractivity contribution in [1.82, 2.24) is 10.2 Å². The second-order valence-electron chi connectivity index (χ2n) is 8.10. The first-order valence-electron chi connectivity index (χ1n) is 11.2. The third-order valence-electron chi connectivity index (χ3n) is 5.77. The van der Waals surface area contributed by atoms with E-state index in [1.807, 2.05) is 54.6 Å². The van der Waals surface area contributed by atoms with E-state index in [1.165, 1.54) is 0 Å². The highest BCUT2D eigenvalue weighted by molar-refractivity contribution is 8.00. The van der Waals surface area contributed by atoms with Crippen LogP contribution in [0, 0.1) is 11.8 Å². The largest absolute Gasteiger partial charge is 0.497 e. The molecule has 8 heteroatoms. The van der Waals surface area contributed by atoms with E-state index < -0.39 is 6.04 Å². The van der Waals surface area contributed by atoms with Crippen LogP contribution in [-0.4, -0.2) is 46.0 Å². The summed E-state index contributed by atoms with van der Waals surface area (Å²) in [4.78, 5) is 27.4. The number of amides is 2. The highest BCUT2D eigenvalue weighted by Crippen LogP contribution is 2.41. The normalized spacial score (nSPS) is 18.6. The molecule has 180 valence electrons. The molecule has 1 fully saturated rings. The highest BCUT2D eigenvalue weighted by Gasteiger charge is 2.53. The topological polar surface area (TPSA) is 67.9 Å². The van der Waals surface area contributed by atoms with Crippen LogP contribution in [0.1, 0.15) is 24.5 Å². The van der Waals surface area contributed by atoms with Crippen LogP contribution in [0.3, 0.4) is 0 Å². The van der Waals surface area contributed by atoms with E-state index >= 15 is 0 Å². The zero-order chi connectivity index (χ0) is 24.8. The second kappa shape index (κ2) is 11.4. The van der Waals surface area contributed by atoms with Crippen LogP contribution in [0.4, 0.5) is 0 Å². The van der Waals surface area contributed by atoms with Crippen LogP contribution in [-0.2, 0) is 27.4 Å². The SMILES string of the molecule is CC#CCC1=C(C(=S)OCc2ccc(OC)cc2)N2C(=O)[C@@H](NC(=O)Cc3ccccc3)[C@H]2SC1. The maximum Gasteiger partial charge on any atom is 0.253 e. The fourth-order valence-electron chi connectivity index (χ4n) is 3.95. The monoisotopic (exact) mass is 506 g/mol. The number of β-lactam (4-membered cyclic amide) rings is 1. The second-order valence-corrected chi connectivity index (χ2v) is 9.57. The van der Waals surface area contributed by atoms with Gasteiger partial charge in [-0.2, -0.15) is 0 Å². The average Bonchev–Trinajstić information content (AvgIpc) is 2.89. The minimum absolute atomic E-state index is 0.179. The van der Waals surface area contributed by atoms with Gasteiger partial charge >= 0.3 is 0 Å². The number of methoxy groups -OCH3 is 1. The van der Waals surface area contributed by atoms with Crippen LogP contribution >= 0.6 is 24.0 Å². The molecule has 0 aromatic heterocycles. The molecular weight excluding hydrogens is 480 g/mol. The summed E-state index contributed by atoms with van der Waals surface area (Å²) in [5.41, 5.74) is 3.41. The lowest BCUT2D eigenvalue weighted by Crippen LogP contribution is -2.70. The minimum atomic E-state index is -0.589. The van der Waals surface area contributed by atoms with Gasteiger partial charge < -0.3 is 14.8 Å². The first-order chi connectivity index (χ1) is 17.0. The molecule has 2 heterocycles. The Morgan fingerprint density at radius 1 is 1.17 bits per heavy atom. The Hall–Kier alpha value is -3.28. The quantitative estimate of drug-likeness (QED) is 0.333. The summed E-state index contributed by atoms with van der Waals surface area (Å²) in [5, 5.41) is 2.94. The zero-order valence-corrected chi connectivity index (χ0v) is 21.2. The highest BCUT2D eigenvalue weighted by atomic mass is 32.2. The number of nitrogens with zero attached hydrogens (tertiary/aromatic N) is 1. The van der Waals surface area contributed by atoms with E-state index in [0.717, 1.165) is 22.4 Å². The van der Waals surface area contributed by atoms with Gasteiger partial charge in [0, 0.05) is 12.2 Å². The standard InChI is InChI=1S/C27H26N2O4S2/c1-3-4-10-20-17-35-26-23(28-22(30)15-18-8-6-5-7-9-18)25(31)29(26)24(20)27(34)33-16-19-11-13-21(32-2)14-12-19/h5-9,11-14,23,26H,10,15-17H2,1-2H3,(H,28,30)/t23-,26-/m1/s1. The Labute approximate surface area is 215 Å². The van der Waals surface area contributed by atoms with Crippen molar-refractivity contribution >= 4 is 40.8 Å². The molecular formula is C27H26N2O4S2. The summed E-state index contributed by atoms with van der Waals surface area (Å²) >= 11 is 7.24. The molecule has 0 radical (unpaired) electrons. The van der Waals surface area contributed by atoms with Gasteiger partial charge in [0.15, 0.2) is 0 Å². The van der Waals surface area contributed by atoms with Gasteiger partial charge in [-0.15, -0.1) is 17.7 Å². The minimum Gasteiger partial charge on any atom is -0.497 e. The third-order valence-corrected chi connectivity index (χ3v) is 7.42. The van der Waals surface area contributed by atoms with Crippen molar-refractivity contribution < 1.29 is 19.1 Å². The van der Waals surface area contributed by atoms with E-state index in [9.17, 15) is 9.59 Å². The molecule has 2 aromatic carbocycles. The average molecular weight is 507 g/mol. The van der Waals surface area contributed by atoms with Gasteiger partial charge in [-0.1, -0.05) is 48.4 Å². The van der Waals surface area contributed by atoms with Gasteiger partial charge in [-0.3, -0.25) is 14.5 Å². The number of benzene rings is 2. The summed E-state index contributed by atoms with van der Waals surface area (Å²) < 4.78 is 11.1. The Bertz CT molecular complexity index is 1200. The lowest BCUT2D eigenvalue weighted by atomic mass is 10.0. The van der Waals surface area contributed by atoms with Crippen molar-refractivity contribution in [2.75, 3.05) is 12.9 Å². The van der Waals surface area contributed by atoms with Gasteiger partial charge in [-0.05, 0) is 48.0 Å². The molecule has 1 saturated heterocycles. The number of carbonyl (C=O) groups excluding carboxylic acids is 2. The fraction of sp³-hybridized carbons (Fsp3) is 0.296.